The number of pyridine rings is 1. The van der Waals surface area contributed by atoms with E-state index in [1.807, 2.05) is 16.6 Å². The molecule has 0 aromatic carbocycles. The molecule has 2 aliphatic rings. The van der Waals surface area contributed by atoms with Gasteiger partial charge in [0.1, 0.15) is 0 Å². The molecule has 0 saturated carbocycles. The monoisotopic (exact) mass is 272 g/mol. The van der Waals surface area contributed by atoms with Crippen LogP contribution in [-0.2, 0) is 0 Å². The van der Waals surface area contributed by atoms with Crippen LogP contribution in [0.4, 0.5) is 5.95 Å². The highest BCUT2D eigenvalue weighted by atomic mass is 15.4. The van der Waals surface area contributed by atoms with Gasteiger partial charge in [-0.3, -0.25) is 4.90 Å². The Morgan fingerprint density at radius 2 is 2.00 bits per heavy atom. The number of hydrogen-bond acceptors (Lipinski definition) is 5. The molecule has 4 rings (SSSR count). The second-order valence-electron chi connectivity index (χ2n) is 5.69. The van der Waals surface area contributed by atoms with Crippen molar-refractivity contribution in [2.24, 2.45) is 0 Å². The van der Waals surface area contributed by atoms with E-state index in [0.717, 1.165) is 56.6 Å². The summed E-state index contributed by atoms with van der Waals surface area (Å²) in [5.41, 5.74) is 2.06. The highest BCUT2D eigenvalue weighted by Crippen LogP contribution is 2.21. The normalized spacial score (nSPS) is 21.4. The Labute approximate surface area is 118 Å². The first-order valence-corrected chi connectivity index (χ1v) is 7.33. The number of nitrogens with one attached hydrogen (secondary N) is 1. The van der Waals surface area contributed by atoms with Crippen LogP contribution < -0.4 is 10.2 Å². The first-order chi connectivity index (χ1) is 9.81. The number of piperazine rings is 1. The fourth-order valence-corrected chi connectivity index (χ4v) is 3.06. The van der Waals surface area contributed by atoms with Gasteiger partial charge in [0.15, 0.2) is 5.65 Å². The van der Waals surface area contributed by atoms with E-state index in [1.54, 1.807) is 0 Å². The minimum absolute atomic E-state index is 0.671. The molecular weight excluding hydrogens is 252 g/mol. The molecule has 0 bridgehead atoms. The molecule has 6 heteroatoms. The molecular formula is C14H20N6. The third-order valence-corrected chi connectivity index (χ3v) is 4.35. The molecule has 0 amide bonds. The number of aromatic nitrogens is 3. The van der Waals surface area contributed by atoms with Crippen LogP contribution in [0.1, 0.15) is 5.69 Å². The minimum Gasteiger partial charge on any atom is -0.336 e. The summed E-state index contributed by atoms with van der Waals surface area (Å²) < 4.78 is 1.92. The quantitative estimate of drug-likeness (QED) is 0.842. The summed E-state index contributed by atoms with van der Waals surface area (Å²) in [7, 11) is 0. The Kier molecular flexibility index (Phi) is 2.85. The lowest BCUT2D eigenvalue weighted by Gasteiger charge is -2.46. The van der Waals surface area contributed by atoms with Crippen LogP contribution in [0.2, 0.25) is 0 Å². The lowest BCUT2D eigenvalue weighted by molar-refractivity contribution is 0.146. The lowest BCUT2D eigenvalue weighted by Crippen LogP contribution is -2.63. The molecule has 1 N–H and O–H groups in total. The Morgan fingerprint density at radius 1 is 1.20 bits per heavy atom. The zero-order valence-electron chi connectivity index (χ0n) is 11.8. The molecule has 6 nitrogen and oxygen atoms in total. The van der Waals surface area contributed by atoms with Crippen molar-refractivity contribution < 1.29 is 0 Å². The number of anilines is 1. The number of aryl methyl sites for hydroxylation is 1. The van der Waals surface area contributed by atoms with Gasteiger partial charge < -0.3 is 10.2 Å². The maximum absolute atomic E-state index is 4.62. The molecule has 0 radical (unpaired) electrons. The van der Waals surface area contributed by atoms with E-state index < -0.39 is 0 Å². The van der Waals surface area contributed by atoms with Crippen LogP contribution in [-0.4, -0.2) is 64.8 Å². The van der Waals surface area contributed by atoms with E-state index in [9.17, 15) is 0 Å². The van der Waals surface area contributed by atoms with E-state index >= 15 is 0 Å². The second kappa shape index (κ2) is 4.71. The topological polar surface area (TPSA) is 48.7 Å². The van der Waals surface area contributed by atoms with E-state index in [0.29, 0.717) is 6.04 Å². The van der Waals surface area contributed by atoms with Gasteiger partial charge in [-0.25, -0.2) is 4.52 Å². The molecule has 0 spiro atoms. The van der Waals surface area contributed by atoms with Crippen molar-refractivity contribution in [1.82, 2.24) is 24.8 Å². The summed E-state index contributed by atoms with van der Waals surface area (Å²) in [6, 6.07) is 6.77. The van der Waals surface area contributed by atoms with Gasteiger partial charge in [-0.05, 0) is 19.1 Å². The van der Waals surface area contributed by atoms with Crippen molar-refractivity contribution in [3.8, 4) is 0 Å². The fourth-order valence-electron chi connectivity index (χ4n) is 3.06. The molecule has 0 aliphatic carbocycles. The van der Waals surface area contributed by atoms with Crippen molar-refractivity contribution in [2.45, 2.75) is 13.0 Å². The second-order valence-corrected chi connectivity index (χ2v) is 5.69. The van der Waals surface area contributed by atoms with Crippen molar-refractivity contribution in [3.05, 3.63) is 23.9 Å². The molecule has 2 aliphatic heterocycles. The highest BCUT2D eigenvalue weighted by molar-refractivity contribution is 5.47. The predicted octanol–water partition coefficient (Wildman–Crippen LogP) is 0.132. The Balaban J connectivity index is 1.47. The van der Waals surface area contributed by atoms with Gasteiger partial charge in [0, 0.05) is 51.0 Å². The van der Waals surface area contributed by atoms with Crippen molar-refractivity contribution in [2.75, 3.05) is 44.2 Å². The number of rotatable bonds is 2. The maximum Gasteiger partial charge on any atom is 0.245 e. The van der Waals surface area contributed by atoms with Crippen LogP contribution >= 0.6 is 0 Å². The standard InChI is InChI=1S/C14H20N6/c1-11-3-2-4-13-16-14(17-20(11)13)19-9-12(10-19)18-7-5-15-6-8-18/h2-4,12,15H,5-10H2,1H3. The molecule has 2 saturated heterocycles. The average Bonchev–Trinajstić information content (AvgIpc) is 2.83. The number of hydrogen-bond donors (Lipinski definition) is 1. The third-order valence-electron chi connectivity index (χ3n) is 4.35. The van der Waals surface area contributed by atoms with Crippen LogP contribution in [0.3, 0.4) is 0 Å². The van der Waals surface area contributed by atoms with Crippen LogP contribution in [0.5, 0.6) is 0 Å². The van der Waals surface area contributed by atoms with E-state index in [2.05, 4.69) is 38.2 Å². The van der Waals surface area contributed by atoms with Gasteiger partial charge in [0.25, 0.3) is 0 Å². The molecule has 0 unspecified atom stereocenters. The smallest absolute Gasteiger partial charge is 0.245 e. The average molecular weight is 272 g/mol. The van der Waals surface area contributed by atoms with Crippen LogP contribution in [0, 0.1) is 6.92 Å². The van der Waals surface area contributed by atoms with Crippen molar-refractivity contribution in [1.29, 1.82) is 0 Å². The zero-order chi connectivity index (χ0) is 13.5. The summed E-state index contributed by atoms with van der Waals surface area (Å²) >= 11 is 0. The first kappa shape index (κ1) is 12.1. The Morgan fingerprint density at radius 3 is 2.75 bits per heavy atom. The molecule has 2 aromatic heterocycles. The van der Waals surface area contributed by atoms with Gasteiger partial charge >= 0.3 is 0 Å². The van der Waals surface area contributed by atoms with E-state index in [1.165, 1.54) is 0 Å². The third kappa shape index (κ3) is 1.96. The maximum atomic E-state index is 4.62. The van der Waals surface area contributed by atoms with E-state index in [4.69, 9.17) is 0 Å². The summed E-state index contributed by atoms with van der Waals surface area (Å²) in [6.07, 6.45) is 0. The predicted molar refractivity (Wildman–Crippen MR) is 78.2 cm³/mol. The number of nitrogens with zero attached hydrogens (tertiary/aromatic N) is 5. The Hall–Kier alpha value is -1.66. The van der Waals surface area contributed by atoms with Crippen LogP contribution in [0.25, 0.3) is 5.65 Å². The fraction of sp³-hybridized carbons (Fsp3) is 0.571. The van der Waals surface area contributed by atoms with Gasteiger partial charge in [0.05, 0.1) is 0 Å². The summed E-state index contributed by atoms with van der Waals surface area (Å²) in [4.78, 5) is 9.48. The largest absolute Gasteiger partial charge is 0.336 e. The van der Waals surface area contributed by atoms with Gasteiger partial charge in [-0.15, -0.1) is 5.10 Å². The lowest BCUT2D eigenvalue weighted by atomic mass is 10.1. The van der Waals surface area contributed by atoms with Crippen molar-refractivity contribution >= 4 is 11.6 Å². The minimum atomic E-state index is 0.671. The van der Waals surface area contributed by atoms with Gasteiger partial charge in [-0.2, -0.15) is 4.98 Å². The molecule has 2 fully saturated rings. The van der Waals surface area contributed by atoms with Gasteiger partial charge in [0.2, 0.25) is 5.95 Å². The number of fused-ring (bicyclic) bond motifs is 1. The molecule has 106 valence electrons. The Bertz CT molecular complexity index is 609. The first-order valence-electron chi connectivity index (χ1n) is 7.33. The molecule has 20 heavy (non-hydrogen) atoms. The highest BCUT2D eigenvalue weighted by Gasteiger charge is 2.34. The molecule has 4 heterocycles. The molecule has 0 atom stereocenters. The summed E-state index contributed by atoms with van der Waals surface area (Å²) in [5, 5.41) is 8.02. The molecule has 2 aromatic rings. The summed E-state index contributed by atoms with van der Waals surface area (Å²) in [6.45, 7) is 8.72. The zero-order valence-corrected chi connectivity index (χ0v) is 11.8. The van der Waals surface area contributed by atoms with Gasteiger partial charge in [-0.1, -0.05) is 6.07 Å². The van der Waals surface area contributed by atoms with Crippen LogP contribution in [0.15, 0.2) is 18.2 Å². The summed E-state index contributed by atoms with van der Waals surface area (Å²) in [5.74, 6) is 0.866. The SMILES string of the molecule is Cc1cccc2nc(N3CC(N4CCNCC4)C3)nn12. The van der Waals surface area contributed by atoms with E-state index in [-0.39, 0.29) is 0 Å². The van der Waals surface area contributed by atoms with Crippen molar-refractivity contribution in [3.63, 3.8) is 0 Å².